The molecule has 0 saturated carbocycles. The predicted molar refractivity (Wildman–Crippen MR) is 101 cm³/mol. The molecule has 0 aliphatic carbocycles. The van der Waals surface area contributed by atoms with E-state index < -0.39 is 34.3 Å². The van der Waals surface area contributed by atoms with Crippen LogP contribution >= 0.6 is 0 Å². The van der Waals surface area contributed by atoms with Gasteiger partial charge in [0.05, 0.1) is 28.5 Å². The summed E-state index contributed by atoms with van der Waals surface area (Å²) >= 11 is 0. The Kier molecular flexibility index (Phi) is 5.22. The zero-order chi connectivity index (χ0) is 21.3. The first-order valence-corrected chi connectivity index (χ1v) is 8.65. The zero-order valence-electron chi connectivity index (χ0n) is 15.8. The fourth-order valence-electron chi connectivity index (χ4n) is 2.98. The van der Waals surface area contributed by atoms with Gasteiger partial charge in [-0.1, -0.05) is 0 Å². The molecule has 1 unspecified atom stereocenters. The van der Waals surface area contributed by atoms with Crippen molar-refractivity contribution < 1.29 is 24.0 Å². The molecule has 0 spiro atoms. The molecule has 29 heavy (non-hydrogen) atoms. The molecule has 2 aromatic rings. The lowest BCUT2D eigenvalue weighted by molar-refractivity contribution is -0.384. The maximum absolute atomic E-state index is 12.6. The number of ether oxygens (including phenoxy) is 1. The van der Waals surface area contributed by atoms with Crippen molar-refractivity contribution in [3.8, 4) is 0 Å². The van der Waals surface area contributed by atoms with E-state index in [-0.39, 0.29) is 29.1 Å². The molecule has 1 atom stereocenters. The summed E-state index contributed by atoms with van der Waals surface area (Å²) in [7, 11) is 0. The highest BCUT2D eigenvalue weighted by molar-refractivity contribution is 6.16. The van der Waals surface area contributed by atoms with Gasteiger partial charge in [0.1, 0.15) is 5.69 Å². The average Bonchev–Trinajstić information content (AvgIpc) is 2.97. The summed E-state index contributed by atoms with van der Waals surface area (Å²) in [5, 5.41) is 24.2. The second-order valence-electron chi connectivity index (χ2n) is 6.33. The van der Waals surface area contributed by atoms with E-state index in [1.54, 1.807) is 20.8 Å². The van der Waals surface area contributed by atoms with Crippen molar-refractivity contribution >= 4 is 34.8 Å². The van der Waals surface area contributed by atoms with Crippen LogP contribution in [0.1, 0.15) is 40.2 Å². The Balaban J connectivity index is 2.01. The van der Waals surface area contributed by atoms with Crippen LogP contribution in [-0.4, -0.2) is 39.5 Å². The van der Waals surface area contributed by atoms with E-state index in [9.17, 15) is 24.5 Å². The second kappa shape index (κ2) is 7.62. The fraction of sp³-hybridized carbons (Fsp3) is 0.278. The van der Waals surface area contributed by atoms with Gasteiger partial charge in [-0.15, -0.1) is 0 Å². The Hall–Kier alpha value is -3.89. The Morgan fingerprint density at radius 1 is 1.28 bits per heavy atom. The van der Waals surface area contributed by atoms with Gasteiger partial charge in [0.25, 0.3) is 11.6 Å². The Morgan fingerprint density at radius 2 is 2.00 bits per heavy atom. The quantitative estimate of drug-likeness (QED) is 0.334. The molecular formula is C18H17N5O6. The number of carbonyl (C=O) groups is 3. The van der Waals surface area contributed by atoms with Gasteiger partial charge in [-0.3, -0.25) is 24.5 Å². The third kappa shape index (κ3) is 3.74. The maximum atomic E-state index is 12.6. The number of esters is 1. The van der Waals surface area contributed by atoms with E-state index in [1.165, 1.54) is 12.1 Å². The fourth-order valence-corrected chi connectivity index (χ4v) is 2.98. The molecule has 2 amide bonds. The number of carbonyl (C=O) groups excluding carboxylic acids is 3. The van der Waals surface area contributed by atoms with E-state index >= 15 is 0 Å². The Bertz CT molecular complexity index is 1050. The van der Waals surface area contributed by atoms with Crippen LogP contribution in [0, 0.1) is 24.0 Å². The van der Waals surface area contributed by atoms with Gasteiger partial charge in [0.15, 0.2) is 5.92 Å². The number of benzene rings is 1. The first-order chi connectivity index (χ1) is 13.7. The van der Waals surface area contributed by atoms with E-state index in [0.717, 1.165) is 6.07 Å². The first-order valence-electron chi connectivity index (χ1n) is 8.65. The minimum atomic E-state index is -1.30. The van der Waals surface area contributed by atoms with E-state index in [4.69, 9.17) is 4.74 Å². The van der Waals surface area contributed by atoms with Crippen LogP contribution in [0.3, 0.4) is 0 Å². The summed E-state index contributed by atoms with van der Waals surface area (Å²) in [5.41, 5.74) is 0.796. The Morgan fingerprint density at radius 3 is 2.66 bits per heavy atom. The third-order valence-electron chi connectivity index (χ3n) is 4.31. The number of nitro benzene ring substituents is 1. The molecule has 0 saturated heterocycles. The molecule has 0 radical (unpaired) electrons. The predicted octanol–water partition coefficient (Wildman–Crippen LogP) is 1.85. The topological polar surface area (TPSA) is 153 Å². The van der Waals surface area contributed by atoms with Gasteiger partial charge < -0.3 is 15.4 Å². The van der Waals surface area contributed by atoms with Gasteiger partial charge >= 0.3 is 5.97 Å². The summed E-state index contributed by atoms with van der Waals surface area (Å²) < 4.78 is 4.88. The lowest BCUT2D eigenvalue weighted by Crippen LogP contribution is -2.23. The lowest BCUT2D eigenvalue weighted by Gasteiger charge is -2.11. The van der Waals surface area contributed by atoms with E-state index in [2.05, 4.69) is 20.8 Å². The van der Waals surface area contributed by atoms with Crippen molar-refractivity contribution in [3.63, 3.8) is 0 Å². The smallest absolute Gasteiger partial charge is 0.323 e. The number of hydrogen-bond acceptors (Lipinski definition) is 8. The number of aryl methyl sites for hydroxylation is 2. The molecule has 1 aromatic heterocycles. The number of nitro groups is 1. The van der Waals surface area contributed by atoms with Gasteiger partial charge in [-0.2, -0.15) is 10.2 Å². The molecule has 2 heterocycles. The summed E-state index contributed by atoms with van der Waals surface area (Å²) in [6.07, 6.45) is 0. The van der Waals surface area contributed by atoms with Crippen molar-refractivity contribution in [1.29, 1.82) is 0 Å². The number of nitrogens with zero attached hydrogens (tertiary/aromatic N) is 3. The van der Waals surface area contributed by atoms with Crippen LogP contribution in [0.2, 0.25) is 0 Å². The van der Waals surface area contributed by atoms with Gasteiger partial charge in [-0.25, -0.2) is 0 Å². The van der Waals surface area contributed by atoms with Crippen molar-refractivity contribution in [1.82, 2.24) is 10.2 Å². The minimum Gasteiger partial charge on any atom is -0.465 e. The molecule has 0 bridgehead atoms. The van der Waals surface area contributed by atoms with Gasteiger partial charge in [-0.05, 0) is 32.9 Å². The third-order valence-corrected chi connectivity index (χ3v) is 4.31. The van der Waals surface area contributed by atoms with Crippen LogP contribution in [0.5, 0.6) is 0 Å². The summed E-state index contributed by atoms with van der Waals surface area (Å²) in [6.45, 7) is 4.89. The van der Waals surface area contributed by atoms with E-state index in [0.29, 0.717) is 11.4 Å². The van der Waals surface area contributed by atoms with Crippen LogP contribution in [0.15, 0.2) is 18.2 Å². The van der Waals surface area contributed by atoms with Gasteiger partial charge in [0.2, 0.25) is 5.91 Å². The zero-order valence-corrected chi connectivity index (χ0v) is 15.8. The molecule has 1 aliphatic heterocycles. The normalized spacial score (nSPS) is 14.7. The standard InChI is InChI=1S/C18H17N5O6/c1-4-29-18(26)15-11-6-14(23(27)28)13(7-12(11)19-17(15)25)20-16(24)10-5-8(2)21-22-9(10)3/h5-7,15H,4H2,1-3H3,(H,19,25)(H,20,24). The summed E-state index contributed by atoms with van der Waals surface area (Å²) in [6, 6.07) is 3.85. The average molecular weight is 399 g/mol. The number of aromatic nitrogens is 2. The molecule has 11 nitrogen and oxygen atoms in total. The molecule has 2 N–H and O–H groups in total. The molecule has 3 rings (SSSR count). The van der Waals surface area contributed by atoms with Crippen molar-refractivity contribution in [2.24, 2.45) is 0 Å². The first kappa shape index (κ1) is 19.9. The molecule has 11 heteroatoms. The van der Waals surface area contributed by atoms with E-state index in [1.807, 2.05) is 0 Å². The molecule has 150 valence electrons. The summed E-state index contributed by atoms with van der Waals surface area (Å²) in [5.74, 6) is -3.37. The van der Waals surface area contributed by atoms with Crippen LogP contribution in [0.25, 0.3) is 0 Å². The second-order valence-corrected chi connectivity index (χ2v) is 6.33. The van der Waals surface area contributed by atoms with Gasteiger partial charge in [0, 0.05) is 17.3 Å². The van der Waals surface area contributed by atoms with Crippen LogP contribution < -0.4 is 10.6 Å². The number of anilines is 2. The molecule has 1 aromatic carbocycles. The van der Waals surface area contributed by atoms with Crippen molar-refractivity contribution in [3.05, 3.63) is 50.8 Å². The monoisotopic (exact) mass is 399 g/mol. The molecular weight excluding hydrogens is 382 g/mol. The number of amides is 2. The number of nitrogens with one attached hydrogen (secondary N) is 2. The highest BCUT2D eigenvalue weighted by Gasteiger charge is 2.40. The minimum absolute atomic E-state index is 0.0624. The lowest BCUT2D eigenvalue weighted by atomic mass is 9.99. The summed E-state index contributed by atoms with van der Waals surface area (Å²) in [4.78, 5) is 47.7. The van der Waals surface area contributed by atoms with Crippen molar-refractivity contribution in [2.75, 3.05) is 17.2 Å². The van der Waals surface area contributed by atoms with Crippen molar-refractivity contribution in [2.45, 2.75) is 26.7 Å². The molecule has 1 aliphatic rings. The van der Waals surface area contributed by atoms with Crippen LogP contribution in [0.4, 0.5) is 17.1 Å². The Labute approximate surface area is 164 Å². The highest BCUT2D eigenvalue weighted by atomic mass is 16.6. The number of fused-ring (bicyclic) bond motifs is 1. The largest absolute Gasteiger partial charge is 0.465 e. The maximum Gasteiger partial charge on any atom is 0.323 e. The highest BCUT2D eigenvalue weighted by Crippen LogP contribution is 2.40. The molecule has 0 fully saturated rings. The number of rotatable bonds is 5. The SMILES string of the molecule is CCOC(=O)C1C(=O)Nc2cc(NC(=O)c3cc(C)nnc3C)c([N+](=O)[O-])cc21. The van der Waals surface area contributed by atoms with Crippen LogP contribution in [-0.2, 0) is 14.3 Å². The number of hydrogen-bond donors (Lipinski definition) is 2.